The molecule has 3 nitrogen and oxygen atoms in total. The molecule has 0 N–H and O–H groups in total. The Morgan fingerprint density at radius 1 is 0.773 bits per heavy atom. The quantitative estimate of drug-likeness (QED) is 0.695. The van der Waals surface area contributed by atoms with E-state index in [1.54, 1.807) is 0 Å². The Kier molecular flexibility index (Phi) is 5.41. The normalized spacial score (nSPS) is 17.3. The molecule has 0 amide bonds. The highest BCUT2D eigenvalue weighted by molar-refractivity contribution is 6.36. The van der Waals surface area contributed by atoms with E-state index in [-0.39, 0.29) is 0 Å². The summed E-state index contributed by atoms with van der Waals surface area (Å²) in [6.45, 7) is 2.91. The van der Waals surface area contributed by atoms with Gasteiger partial charge in [-0.2, -0.15) is 0 Å². The Hall–Kier alpha value is -1.45. The van der Waals surface area contributed by atoms with E-state index in [4.69, 9.17) is 25.8 Å². The van der Waals surface area contributed by atoms with Crippen LogP contribution >= 0.6 is 11.6 Å². The van der Waals surface area contributed by atoms with Gasteiger partial charge < -0.3 is 14.2 Å². The number of rotatable bonds is 0. The maximum Gasteiger partial charge on any atom is 0.169 e. The van der Waals surface area contributed by atoms with Crippen molar-refractivity contribution in [1.29, 1.82) is 0 Å². The summed E-state index contributed by atoms with van der Waals surface area (Å²) in [6.07, 6.45) is 3.96. The van der Waals surface area contributed by atoms with Crippen LogP contribution in [0.15, 0.2) is 30.3 Å². The van der Waals surface area contributed by atoms with Gasteiger partial charge in [-0.05, 0) is 25.7 Å². The van der Waals surface area contributed by atoms with Crippen LogP contribution in [0.2, 0.25) is 5.02 Å². The molecule has 118 valence electrons. The van der Waals surface area contributed by atoms with Gasteiger partial charge in [0.2, 0.25) is 0 Å². The van der Waals surface area contributed by atoms with Crippen LogP contribution in [0, 0.1) is 0 Å². The van der Waals surface area contributed by atoms with Crippen LogP contribution in [-0.2, 0) is 4.74 Å². The fraction of sp³-hybridized carbons (Fsp3) is 0.444. The summed E-state index contributed by atoms with van der Waals surface area (Å²) < 4.78 is 17.5. The third-order valence-electron chi connectivity index (χ3n) is 3.78. The number of fused-ring (bicyclic) bond motifs is 3. The van der Waals surface area contributed by atoms with E-state index in [0.29, 0.717) is 18.2 Å². The zero-order valence-electron chi connectivity index (χ0n) is 12.6. The minimum absolute atomic E-state index is 0.647. The average molecular weight is 321 g/mol. The first kappa shape index (κ1) is 15.4. The van der Waals surface area contributed by atoms with Gasteiger partial charge in [0, 0.05) is 30.1 Å². The van der Waals surface area contributed by atoms with Crippen LogP contribution in [0.1, 0.15) is 25.7 Å². The Bertz CT molecular complexity index is 627. The molecular weight excluding hydrogens is 300 g/mol. The maximum absolute atomic E-state index is 6.39. The molecule has 0 spiro atoms. The van der Waals surface area contributed by atoms with Crippen molar-refractivity contribution in [2.75, 3.05) is 26.4 Å². The van der Waals surface area contributed by atoms with Crippen LogP contribution < -0.4 is 9.47 Å². The van der Waals surface area contributed by atoms with Crippen LogP contribution in [0.3, 0.4) is 0 Å². The van der Waals surface area contributed by atoms with Crippen LogP contribution in [0.25, 0.3) is 10.8 Å². The molecule has 1 aliphatic heterocycles. The standard InChI is InChI=1S/C18H21ClO3/c19-16-13-17-18(15-8-2-1-7-14(15)16)22-12-6-4-10-20-9-3-5-11-21-17/h1-2,7-8,13H,3-6,9-12H2. The molecule has 1 heterocycles. The fourth-order valence-corrected chi connectivity index (χ4v) is 2.87. The minimum atomic E-state index is 0.647. The molecule has 22 heavy (non-hydrogen) atoms. The molecule has 4 heteroatoms. The molecule has 0 saturated carbocycles. The van der Waals surface area contributed by atoms with Gasteiger partial charge >= 0.3 is 0 Å². The van der Waals surface area contributed by atoms with Crippen LogP contribution in [-0.4, -0.2) is 26.4 Å². The second kappa shape index (κ2) is 7.70. The number of hydrogen-bond donors (Lipinski definition) is 0. The average Bonchev–Trinajstić information content (AvgIpc) is 2.56. The highest BCUT2D eigenvalue weighted by atomic mass is 35.5. The van der Waals surface area contributed by atoms with Gasteiger partial charge in [-0.1, -0.05) is 35.9 Å². The SMILES string of the molecule is Clc1cc2c(c3ccccc13)OCCCCOCCCCO2. The Morgan fingerprint density at radius 2 is 1.41 bits per heavy atom. The summed E-state index contributed by atoms with van der Waals surface area (Å²) in [7, 11) is 0. The minimum Gasteiger partial charge on any atom is -0.490 e. The first-order valence-corrected chi connectivity index (χ1v) is 8.28. The second-order valence-electron chi connectivity index (χ2n) is 5.45. The van der Waals surface area contributed by atoms with E-state index in [2.05, 4.69) is 0 Å². The smallest absolute Gasteiger partial charge is 0.169 e. The van der Waals surface area contributed by atoms with Gasteiger partial charge in [-0.3, -0.25) is 0 Å². The fourth-order valence-electron chi connectivity index (χ4n) is 2.61. The highest BCUT2D eigenvalue weighted by Gasteiger charge is 2.14. The first-order valence-electron chi connectivity index (χ1n) is 7.91. The highest BCUT2D eigenvalue weighted by Crippen LogP contribution is 2.40. The molecule has 0 radical (unpaired) electrons. The molecule has 2 aromatic rings. The van der Waals surface area contributed by atoms with E-state index in [0.717, 1.165) is 61.2 Å². The van der Waals surface area contributed by atoms with Gasteiger partial charge in [0.15, 0.2) is 11.5 Å². The topological polar surface area (TPSA) is 27.7 Å². The maximum atomic E-state index is 6.39. The molecule has 0 aliphatic carbocycles. The number of benzene rings is 2. The largest absolute Gasteiger partial charge is 0.490 e. The summed E-state index contributed by atoms with van der Waals surface area (Å²) in [5.41, 5.74) is 0. The van der Waals surface area contributed by atoms with E-state index >= 15 is 0 Å². The summed E-state index contributed by atoms with van der Waals surface area (Å²) >= 11 is 6.39. The summed E-state index contributed by atoms with van der Waals surface area (Å²) in [6, 6.07) is 9.89. The van der Waals surface area contributed by atoms with Gasteiger partial charge in [-0.15, -0.1) is 0 Å². The third-order valence-corrected chi connectivity index (χ3v) is 4.09. The summed E-state index contributed by atoms with van der Waals surface area (Å²) in [5, 5.41) is 2.71. The second-order valence-corrected chi connectivity index (χ2v) is 5.86. The first-order chi connectivity index (χ1) is 10.9. The van der Waals surface area contributed by atoms with Crippen molar-refractivity contribution in [2.45, 2.75) is 25.7 Å². The van der Waals surface area contributed by atoms with E-state index in [9.17, 15) is 0 Å². The summed E-state index contributed by atoms with van der Waals surface area (Å²) in [4.78, 5) is 0. The Labute approximate surface area is 136 Å². The van der Waals surface area contributed by atoms with E-state index in [1.165, 1.54) is 0 Å². The molecule has 0 fully saturated rings. The van der Waals surface area contributed by atoms with Crippen molar-refractivity contribution in [3.8, 4) is 11.5 Å². The zero-order chi connectivity index (χ0) is 15.2. The van der Waals surface area contributed by atoms with Gasteiger partial charge in [-0.25, -0.2) is 0 Å². The van der Waals surface area contributed by atoms with Gasteiger partial charge in [0.25, 0.3) is 0 Å². The molecule has 0 unspecified atom stereocenters. The third kappa shape index (κ3) is 3.65. The lowest BCUT2D eigenvalue weighted by Gasteiger charge is -2.16. The molecule has 0 aromatic heterocycles. The Balaban J connectivity index is 1.93. The van der Waals surface area contributed by atoms with Crippen LogP contribution in [0.4, 0.5) is 0 Å². The summed E-state index contributed by atoms with van der Waals surface area (Å²) in [5.74, 6) is 1.55. The molecule has 0 atom stereocenters. The van der Waals surface area contributed by atoms with Crippen molar-refractivity contribution in [3.63, 3.8) is 0 Å². The van der Waals surface area contributed by atoms with E-state index < -0.39 is 0 Å². The number of hydrogen-bond acceptors (Lipinski definition) is 3. The van der Waals surface area contributed by atoms with Crippen molar-refractivity contribution in [2.24, 2.45) is 0 Å². The van der Waals surface area contributed by atoms with Crippen molar-refractivity contribution < 1.29 is 14.2 Å². The number of halogens is 1. The van der Waals surface area contributed by atoms with Gasteiger partial charge in [0.05, 0.1) is 18.2 Å². The molecule has 0 saturated heterocycles. The molecule has 1 aliphatic rings. The molecule has 0 bridgehead atoms. The predicted molar refractivity (Wildman–Crippen MR) is 89.2 cm³/mol. The monoisotopic (exact) mass is 320 g/mol. The lowest BCUT2D eigenvalue weighted by molar-refractivity contribution is 0.121. The van der Waals surface area contributed by atoms with Gasteiger partial charge in [0.1, 0.15) is 0 Å². The molecule has 2 aromatic carbocycles. The Morgan fingerprint density at radius 3 is 2.18 bits per heavy atom. The lowest BCUT2D eigenvalue weighted by Crippen LogP contribution is -2.03. The lowest BCUT2D eigenvalue weighted by atomic mass is 10.1. The van der Waals surface area contributed by atoms with E-state index in [1.807, 2.05) is 30.3 Å². The van der Waals surface area contributed by atoms with Crippen LogP contribution in [0.5, 0.6) is 11.5 Å². The predicted octanol–water partition coefficient (Wildman–Crippen LogP) is 4.84. The van der Waals surface area contributed by atoms with Crippen molar-refractivity contribution >= 4 is 22.4 Å². The zero-order valence-corrected chi connectivity index (χ0v) is 13.4. The molecule has 3 rings (SSSR count). The van der Waals surface area contributed by atoms with Crippen molar-refractivity contribution in [1.82, 2.24) is 0 Å². The molecular formula is C18H21ClO3. The van der Waals surface area contributed by atoms with Crippen molar-refractivity contribution in [3.05, 3.63) is 35.4 Å². The number of ether oxygens (including phenoxy) is 3.